The van der Waals surface area contributed by atoms with Crippen LogP contribution >= 0.6 is 34.7 Å². The first-order valence-corrected chi connectivity index (χ1v) is 14.2. The van der Waals surface area contributed by atoms with Gasteiger partial charge in [0.2, 0.25) is 0 Å². The van der Waals surface area contributed by atoms with Gasteiger partial charge in [0.1, 0.15) is 4.83 Å². The fourth-order valence-corrected chi connectivity index (χ4v) is 6.62. The number of thioether (sulfide) groups is 1. The molecule has 0 saturated heterocycles. The summed E-state index contributed by atoms with van der Waals surface area (Å²) >= 11 is 8.81. The Balaban J connectivity index is 1.50. The number of rotatable bonds is 8. The normalized spacial score (nSPS) is 15.4. The molecule has 2 aromatic carbocycles. The quantitative estimate of drug-likeness (QED) is 0.147. The lowest BCUT2D eigenvalue weighted by atomic mass is 9.96. The van der Waals surface area contributed by atoms with Gasteiger partial charge in [0.25, 0.3) is 5.56 Å². The third-order valence-electron chi connectivity index (χ3n) is 6.50. The molecule has 1 atom stereocenters. The van der Waals surface area contributed by atoms with E-state index in [1.807, 2.05) is 18.2 Å². The van der Waals surface area contributed by atoms with E-state index in [2.05, 4.69) is 26.0 Å². The van der Waals surface area contributed by atoms with Crippen LogP contribution in [0.4, 0.5) is 0 Å². The number of nitrogens with zero attached hydrogens (tertiary/aromatic N) is 2. The summed E-state index contributed by atoms with van der Waals surface area (Å²) < 4.78 is 7.80. The van der Waals surface area contributed by atoms with Crippen LogP contribution in [0.15, 0.2) is 64.5 Å². The van der Waals surface area contributed by atoms with E-state index < -0.39 is 0 Å². The molecule has 0 saturated carbocycles. The standard InChI is InChI=1S/C28H27ClN2O3S2/c1-17(2)23-14-21-24(15-34-23)36-26-25(21)27(33)31(13-12-18-6-4-3-5-7-18)28(30-26)35-16-22(32)19-8-10-20(29)11-9-19/h3-11,17,23H,12-16H2,1-2H3. The van der Waals surface area contributed by atoms with Crippen molar-refractivity contribution in [2.24, 2.45) is 5.92 Å². The van der Waals surface area contributed by atoms with Crippen LogP contribution in [-0.4, -0.2) is 27.2 Å². The maximum Gasteiger partial charge on any atom is 0.263 e. The highest BCUT2D eigenvalue weighted by Crippen LogP contribution is 2.36. The Kier molecular flexibility index (Phi) is 7.62. The predicted octanol–water partition coefficient (Wildman–Crippen LogP) is 6.43. The van der Waals surface area contributed by atoms with Gasteiger partial charge in [0, 0.05) is 28.4 Å². The number of ether oxygens (including phenoxy) is 1. The van der Waals surface area contributed by atoms with Gasteiger partial charge < -0.3 is 4.74 Å². The van der Waals surface area contributed by atoms with Crippen LogP contribution in [0, 0.1) is 5.92 Å². The Labute approximate surface area is 223 Å². The molecule has 0 radical (unpaired) electrons. The lowest BCUT2D eigenvalue weighted by Crippen LogP contribution is -2.29. The minimum atomic E-state index is -0.0285. The molecule has 0 aliphatic carbocycles. The largest absolute Gasteiger partial charge is 0.372 e. The smallest absolute Gasteiger partial charge is 0.263 e. The Morgan fingerprint density at radius 2 is 1.94 bits per heavy atom. The molecule has 1 unspecified atom stereocenters. The van der Waals surface area contributed by atoms with Crippen molar-refractivity contribution >= 4 is 50.7 Å². The second-order valence-electron chi connectivity index (χ2n) is 9.29. The molecule has 5 nitrogen and oxygen atoms in total. The monoisotopic (exact) mass is 538 g/mol. The van der Waals surface area contributed by atoms with E-state index in [9.17, 15) is 9.59 Å². The third-order valence-corrected chi connectivity index (χ3v) is 8.83. The third kappa shape index (κ3) is 5.30. The Hall–Kier alpha value is -2.45. The first-order chi connectivity index (χ1) is 17.4. The Morgan fingerprint density at radius 3 is 2.67 bits per heavy atom. The lowest BCUT2D eigenvalue weighted by Gasteiger charge is -2.26. The van der Waals surface area contributed by atoms with Gasteiger partial charge in [-0.15, -0.1) is 11.3 Å². The molecule has 186 valence electrons. The summed E-state index contributed by atoms with van der Waals surface area (Å²) in [6.45, 7) is 5.30. The molecule has 0 amide bonds. The minimum absolute atomic E-state index is 0.0284. The molecule has 1 aliphatic heterocycles. The number of hydrogen-bond acceptors (Lipinski definition) is 6. The number of carbonyl (C=O) groups excluding carboxylic acids is 1. The fraction of sp³-hybridized carbons (Fsp3) is 0.321. The van der Waals surface area contributed by atoms with E-state index in [0.717, 1.165) is 27.3 Å². The summed E-state index contributed by atoms with van der Waals surface area (Å²) in [6, 6.07) is 17.0. The molecular weight excluding hydrogens is 512 g/mol. The minimum Gasteiger partial charge on any atom is -0.372 e. The van der Waals surface area contributed by atoms with Crippen molar-refractivity contribution in [1.29, 1.82) is 0 Å². The molecule has 8 heteroatoms. The summed E-state index contributed by atoms with van der Waals surface area (Å²) in [5.41, 5.74) is 2.80. The van der Waals surface area contributed by atoms with Crippen molar-refractivity contribution in [1.82, 2.24) is 9.55 Å². The average molecular weight is 539 g/mol. The van der Waals surface area contributed by atoms with E-state index in [1.165, 1.54) is 23.1 Å². The lowest BCUT2D eigenvalue weighted by molar-refractivity contribution is 0.00200. The molecule has 3 heterocycles. The summed E-state index contributed by atoms with van der Waals surface area (Å²) in [5.74, 6) is 0.531. The highest BCUT2D eigenvalue weighted by Gasteiger charge is 2.28. The molecule has 5 rings (SSSR count). The molecule has 0 spiro atoms. The fourth-order valence-electron chi connectivity index (χ4n) is 4.41. The van der Waals surface area contributed by atoms with E-state index >= 15 is 0 Å². The zero-order valence-corrected chi connectivity index (χ0v) is 22.6. The predicted molar refractivity (Wildman–Crippen MR) is 148 cm³/mol. The SMILES string of the molecule is CC(C)C1Cc2c(sc3nc(SCC(=O)c4ccc(Cl)cc4)n(CCc4ccccc4)c(=O)c23)CO1. The number of halogens is 1. The maximum atomic E-state index is 13.9. The van der Waals surface area contributed by atoms with E-state index in [0.29, 0.717) is 46.6 Å². The van der Waals surface area contributed by atoms with Gasteiger partial charge in [-0.1, -0.05) is 67.5 Å². The second kappa shape index (κ2) is 10.9. The van der Waals surface area contributed by atoms with Crippen LogP contribution in [-0.2, 0) is 30.7 Å². The summed E-state index contributed by atoms with van der Waals surface area (Å²) in [6.07, 6.45) is 1.53. The number of fused-ring (bicyclic) bond motifs is 3. The van der Waals surface area contributed by atoms with E-state index in [1.54, 1.807) is 28.8 Å². The first-order valence-electron chi connectivity index (χ1n) is 12.0. The number of benzene rings is 2. The number of hydrogen-bond donors (Lipinski definition) is 0. The van der Waals surface area contributed by atoms with Gasteiger partial charge >= 0.3 is 0 Å². The van der Waals surface area contributed by atoms with Gasteiger partial charge in [-0.2, -0.15) is 0 Å². The number of Topliss-reactive ketones (excluding diaryl/α,β-unsaturated/α-hetero) is 1. The topological polar surface area (TPSA) is 61.2 Å². The van der Waals surface area contributed by atoms with E-state index in [-0.39, 0.29) is 23.2 Å². The molecule has 0 N–H and O–H groups in total. The summed E-state index contributed by atoms with van der Waals surface area (Å²) in [4.78, 5) is 33.5. The number of aryl methyl sites for hydroxylation is 1. The van der Waals surface area contributed by atoms with Crippen LogP contribution in [0.1, 0.15) is 40.2 Å². The molecule has 2 aromatic heterocycles. The maximum absolute atomic E-state index is 13.9. The van der Waals surface area contributed by atoms with Gasteiger partial charge in [-0.25, -0.2) is 4.98 Å². The zero-order valence-electron chi connectivity index (χ0n) is 20.2. The van der Waals surface area contributed by atoms with Gasteiger partial charge in [0.15, 0.2) is 10.9 Å². The molecular formula is C28H27ClN2O3S2. The molecule has 4 aromatic rings. The van der Waals surface area contributed by atoms with Gasteiger partial charge in [-0.3, -0.25) is 14.2 Å². The van der Waals surface area contributed by atoms with Crippen molar-refractivity contribution in [2.45, 2.75) is 51.1 Å². The van der Waals surface area contributed by atoms with Crippen molar-refractivity contribution in [2.75, 3.05) is 5.75 Å². The Morgan fingerprint density at radius 1 is 1.19 bits per heavy atom. The van der Waals surface area contributed by atoms with Crippen LogP contribution in [0.25, 0.3) is 10.2 Å². The van der Waals surface area contributed by atoms with Crippen molar-refractivity contribution < 1.29 is 9.53 Å². The van der Waals surface area contributed by atoms with Gasteiger partial charge in [0.05, 0.1) is 23.8 Å². The molecule has 1 aliphatic rings. The highest BCUT2D eigenvalue weighted by molar-refractivity contribution is 7.99. The Bertz CT molecular complexity index is 1450. The molecule has 36 heavy (non-hydrogen) atoms. The zero-order chi connectivity index (χ0) is 25.2. The first kappa shape index (κ1) is 25.2. The molecule has 0 bridgehead atoms. The number of ketones is 1. The highest BCUT2D eigenvalue weighted by atomic mass is 35.5. The van der Waals surface area contributed by atoms with Crippen LogP contribution < -0.4 is 5.56 Å². The van der Waals surface area contributed by atoms with Crippen molar-refractivity contribution in [3.8, 4) is 0 Å². The number of thiophene rings is 1. The number of carbonyl (C=O) groups is 1. The van der Waals surface area contributed by atoms with Crippen molar-refractivity contribution in [3.05, 3.63) is 91.5 Å². The average Bonchev–Trinajstić information content (AvgIpc) is 3.25. The van der Waals surface area contributed by atoms with Crippen LogP contribution in [0.3, 0.4) is 0 Å². The second-order valence-corrected chi connectivity index (χ2v) is 11.7. The van der Waals surface area contributed by atoms with Gasteiger partial charge in [-0.05, 0) is 47.7 Å². The van der Waals surface area contributed by atoms with Crippen LogP contribution in [0.2, 0.25) is 5.02 Å². The molecule has 0 fully saturated rings. The summed E-state index contributed by atoms with van der Waals surface area (Å²) in [5, 5.41) is 1.88. The van der Waals surface area contributed by atoms with Crippen LogP contribution in [0.5, 0.6) is 0 Å². The van der Waals surface area contributed by atoms with Crippen molar-refractivity contribution in [3.63, 3.8) is 0 Å². The number of aromatic nitrogens is 2. The summed E-state index contributed by atoms with van der Waals surface area (Å²) in [7, 11) is 0. The van der Waals surface area contributed by atoms with E-state index in [4.69, 9.17) is 21.3 Å².